The molecule has 1 fully saturated rings. The zero-order valence-corrected chi connectivity index (χ0v) is 13.6. The van der Waals surface area contributed by atoms with Crippen LogP contribution in [-0.4, -0.2) is 47.7 Å². The van der Waals surface area contributed by atoms with E-state index in [-0.39, 0.29) is 6.09 Å². The van der Waals surface area contributed by atoms with Crippen LogP contribution in [0.1, 0.15) is 27.7 Å². The van der Waals surface area contributed by atoms with Crippen LogP contribution in [0.4, 0.5) is 4.79 Å². The minimum Gasteiger partial charge on any atom is -0.444 e. The Morgan fingerprint density at radius 3 is 2.14 bits per heavy atom. The molecule has 118 valence electrons. The maximum absolute atomic E-state index is 12.0. The predicted molar refractivity (Wildman–Crippen MR) is 85.6 cm³/mol. The zero-order chi connectivity index (χ0) is 16.0. The molecule has 0 aromatic rings. The SMILES string of the molecule is C=C/C(=C\C(N)=C/C)N1CCN(C(=O)OC(C)(C)C)CC1. The minimum atomic E-state index is -0.458. The maximum atomic E-state index is 12.0. The number of hydrogen-bond acceptors (Lipinski definition) is 4. The lowest BCUT2D eigenvalue weighted by molar-refractivity contribution is 0.0171. The fraction of sp³-hybridized carbons (Fsp3) is 0.562. The molecule has 0 spiro atoms. The molecule has 1 saturated heterocycles. The van der Waals surface area contributed by atoms with Crippen molar-refractivity contribution in [3.8, 4) is 0 Å². The van der Waals surface area contributed by atoms with E-state index in [1.165, 1.54) is 0 Å². The number of hydrogen-bond donors (Lipinski definition) is 1. The smallest absolute Gasteiger partial charge is 0.410 e. The zero-order valence-electron chi connectivity index (χ0n) is 13.6. The second kappa shape index (κ2) is 7.20. The van der Waals surface area contributed by atoms with Gasteiger partial charge in [0.2, 0.25) is 0 Å². The molecule has 0 saturated carbocycles. The molecule has 5 nitrogen and oxygen atoms in total. The molecule has 1 heterocycles. The molecule has 1 aliphatic heterocycles. The quantitative estimate of drug-likeness (QED) is 0.812. The van der Waals surface area contributed by atoms with Gasteiger partial charge in [0.05, 0.1) is 0 Å². The standard InChI is InChI=1S/C16H27N3O2/c1-6-13(17)12-14(7-2)18-8-10-19(11-9-18)15(20)21-16(3,4)5/h6-7,12H,2,8-11,17H2,1,3-5H3/b13-6+,14-12+. The fourth-order valence-electron chi connectivity index (χ4n) is 2.01. The number of allylic oxidation sites excluding steroid dienone is 3. The average Bonchev–Trinajstić information content (AvgIpc) is 2.42. The van der Waals surface area contributed by atoms with Gasteiger partial charge in [0, 0.05) is 37.6 Å². The highest BCUT2D eigenvalue weighted by atomic mass is 16.6. The summed E-state index contributed by atoms with van der Waals surface area (Å²) in [6.45, 7) is 14.1. The Kier molecular flexibility index (Phi) is 5.88. The first-order valence-electron chi connectivity index (χ1n) is 7.25. The van der Waals surface area contributed by atoms with E-state index in [4.69, 9.17) is 10.5 Å². The van der Waals surface area contributed by atoms with Crippen LogP contribution in [-0.2, 0) is 4.74 Å². The summed E-state index contributed by atoms with van der Waals surface area (Å²) < 4.78 is 5.39. The van der Waals surface area contributed by atoms with E-state index < -0.39 is 5.60 Å². The molecule has 0 radical (unpaired) electrons. The molecule has 1 rings (SSSR count). The molecule has 1 aliphatic rings. The Morgan fingerprint density at radius 2 is 1.71 bits per heavy atom. The van der Waals surface area contributed by atoms with Crippen molar-refractivity contribution >= 4 is 6.09 Å². The van der Waals surface area contributed by atoms with E-state index >= 15 is 0 Å². The van der Waals surface area contributed by atoms with Crippen molar-refractivity contribution in [3.05, 3.63) is 36.2 Å². The molecule has 0 aromatic heterocycles. The Bertz CT molecular complexity index is 439. The summed E-state index contributed by atoms with van der Waals surface area (Å²) in [5, 5.41) is 0. The van der Waals surface area contributed by atoms with Crippen molar-refractivity contribution in [1.82, 2.24) is 9.80 Å². The van der Waals surface area contributed by atoms with Gasteiger partial charge in [0.1, 0.15) is 5.60 Å². The van der Waals surface area contributed by atoms with E-state index in [9.17, 15) is 4.79 Å². The third kappa shape index (κ3) is 5.53. The highest BCUT2D eigenvalue weighted by molar-refractivity contribution is 5.68. The largest absolute Gasteiger partial charge is 0.444 e. The molecule has 0 bridgehead atoms. The highest BCUT2D eigenvalue weighted by Crippen LogP contribution is 2.15. The van der Waals surface area contributed by atoms with Crippen LogP contribution >= 0.6 is 0 Å². The third-order valence-electron chi connectivity index (χ3n) is 3.15. The van der Waals surface area contributed by atoms with Gasteiger partial charge in [-0.3, -0.25) is 0 Å². The van der Waals surface area contributed by atoms with Crippen LogP contribution in [0.25, 0.3) is 0 Å². The normalized spacial score (nSPS) is 17.7. The molecule has 5 heteroatoms. The van der Waals surface area contributed by atoms with Gasteiger partial charge >= 0.3 is 6.09 Å². The lowest BCUT2D eigenvalue weighted by atomic mass is 10.2. The predicted octanol–water partition coefficient (Wildman–Crippen LogP) is 2.47. The van der Waals surface area contributed by atoms with Gasteiger partial charge in [0.15, 0.2) is 0 Å². The molecule has 0 atom stereocenters. The number of rotatable bonds is 3. The highest BCUT2D eigenvalue weighted by Gasteiger charge is 2.26. The second-order valence-electron chi connectivity index (χ2n) is 6.02. The summed E-state index contributed by atoms with van der Waals surface area (Å²) in [5.41, 5.74) is 7.06. The van der Waals surface area contributed by atoms with Gasteiger partial charge in [-0.2, -0.15) is 0 Å². The lowest BCUT2D eigenvalue weighted by Crippen LogP contribution is -2.49. The summed E-state index contributed by atoms with van der Waals surface area (Å²) in [6, 6.07) is 0. The van der Waals surface area contributed by atoms with E-state index in [0.717, 1.165) is 18.8 Å². The van der Waals surface area contributed by atoms with Gasteiger partial charge in [-0.15, -0.1) is 0 Å². The van der Waals surface area contributed by atoms with E-state index in [1.54, 1.807) is 11.0 Å². The van der Waals surface area contributed by atoms with E-state index in [2.05, 4.69) is 11.5 Å². The molecule has 1 amide bonds. The Labute approximate surface area is 127 Å². The molecular weight excluding hydrogens is 266 g/mol. The molecule has 0 aromatic carbocycles. The van der Waals surface area contributed by atoms with Gasteiger partial charge < -0.3 is 20.3 Å². The summed E-state index contributed by atoms with van der Waals surface area (Å²) >= 11 is 0. The number of piperazine rings is 1. The number of amides is 1. The van der Waals surface area contributed by atoms with Crippen LogP contribution < -0.4 is 5.73 Å². The maximum Gasteiger partial charge on any atom is 0.410 e. The Hall–Kier alpha value is -1.91. The summed E-state index contributed by atoms with van der Waals surface area (Å²) in [4.78, 5) is 15.9. The summed E-state index contributed by atoms with van der Waals surface area (Å²) in [6.07, 6.45) is 5.29. The number of nitrogens with two attached hydrogens (primary N) is 1. The Balaban J connectivity index is 2.61. The third-order valence-corrected chi connectivity index (χ3v) is 3.15. The van der Waals surface area contributed by atoms with Crippen molar-refractivity contribution in [1.29, 1.82) is 0 Å². The van der Waals surface area contributed by atoms with Crippen LogP contribution in [0.2, 0.25) is 0 Å². The minimum absolute atomic E-state index is 0.251. The Morgan fingerprint density at radius 1 is 1.19 bits per heavy atom. The van der Waals surface area contributed by atoms with Crippen molar-refractivity contribution in [2.45, 2.75) is 33.3 Å². The van der Waals surface area contributed by atoms with Gasteiger partial charge in [-0.25, -0.2) is 4.79 Å². The van der Waals surface area contributed by atoms with Gasteiger partial charge in [-0.1, -0.05) is 12.7 Å². The number of carbonyl (C=O) groups excluding carboxylic acids is 1. The monoisotopic (exact) mass is 293 g/mol. The van der Waals surface area contributed by atoms with Gasteiger partial charge in [-0.05, 0) is 39.8 Å². The average molecular weight is 293 g/mol. The first-order valence-corrected chi connectivity index (χ1v) is 7.25. The number of carbonyl (C=O) groups is 1. The first kappa shape index (κ1) is 17.1. The van der Waals surface area contributed by atoms with Crippen molar-refractivity contribution in [2.75, 3.05) is 26.2 Å². The van der Waals surface area contributed by atoms with Gasteiger partial charge in [0.25, 0.3) is 0 Å². The summed E-state index contributed by atoms with van der Waals surface area (Å²) in [7, 11) is 0. The van der Waals surface area contributed by atoms with E-state index in [1.807, 2.05) is 39.8 Å². The van der Waals surface area contributed by atoms with E-state index in [0.29, 0.717) is 18.8 Å². The van der Waals surface area contributed by atoms with Crippen LogP contribution in [0.15, 0.2) is 36.2 Å². The van der Waals surface area contributed by atoms with Crippen molar-refractivity contribution < 1.29 is 9.53 Å². The molecule has 0 aliphatic carbocycles. The van der Waals surface area contributed by atoms with Crippen molar-refractivity contribution in [2.24, 2.45) is 5.73 Å². The molecular formula is C16H27N3O2. The second-order valence-corrected chi connectivity index (χ2v) is 6.02. The summed E-state index contributed by atoms with van der Waals surface area (Å²) in [5.74, 6) is 0. The molecule has 21 heavy (non-hydrogen) atoms. The van der Waals surface area contributed by atoms with Crippen LogP contribution in [0, 0.1) is 0 Å². The topological polar surface area (TPSA) is 58.8 Å². The molecule has 0 unspecified atom stereocenters. The first-order chi connectivity index (χ1) is 9.76. The number of ether oxygens (including phenoxy) is 1. The number of nitrogens with zero attached hydrogens (tertiary/aromatic N) is 2. The van der Waals surface area contributed by atoms with Crippen LogP contribution in [0.3, 0.4) is 0 Å². The van der Waals surface area contributed by atoms with Crippen LogP contribution in [0.5, 0.6) is 0 Å². The lowest BCUT2D eigenvalue weighted by Gasteiger charge is -2.37. The molecule has 2 N–H and O–H groups in total. The fourth-order valence-corrected chi connectivity index (χ4v) is 2.01. The van der Waals surface area contributed by atoms with Crippen molar-refractivity contribution in [3.63, 3.8) is 0 Å².